The van der Waals surface area contributed by atoms with E-state index in [1.165, 1.54) is 0 Å². The van der Waals surface area contributed by atoms with E-state index in [4.69, 9.17) is 19.7 Å². The zero-order chi connectivity index (χ0) is 49.9. The van der Waals surface area contributed by atoms with Crippen LogP contribution in [-0.4, -0.2) is 33.2 Å². The molecule has 0 aliphatic heterocycles. The number of fused-ring (bicyclic) bond motifs is 12. The maximum Gasteiger partial charge on any atom is 2.00 e. The second-order valence-corrected chi connectivity index (χ2v) is 18.0. The van der Waals surface area contributed by atoms with Crippen LogP contribution < -0.4 is 4.74 Å². The molecule has 8 aromatic carbocycles. The Morgan fingerprint density at radius 1 is 0.425 bits per heavy atom. The molecule has 0 atom stereocenters. The quantitative estimate of drug-likeness (QED) is 0.149. The van der Waals surface area contributed by atoms with E-state index in [1.807, 2.05) is 81.9 Å². The molecule has 0 bridgehead atoms. The van der Waals surface area contributed by atoms with Crippen molar-refractivity contribution in [2.24, 2.45) is 0 Å². The Balaban J connectivity index is 0.00000528. The number of benzene rings is 8. The Bertz CT molecular complexity index is 4540. The molecule has 0 amide bonds. The van der Waals surface area contributed by atoms with E-state index in [-0.39, 0.29) is 26.6 Å². The predicted molar refractivity (Wildman–Crippen MR) is 292 cm³/mol. The summed E-state index contributed by atoms with van der Waals surface area (Å²) in [5, 5.41) is 8.24. The van der Waals surface area contributed by atoms with Gasteiger partial charge in [-0.1, -0.05) is 108 Å². The van der Waals surface area contributed by atoms with E-state index in [0.29, 0.717) is 28.4 Å². The Morgan fingerprint density at radius 2 is 0.904 bits per heavy atom. The minimum absolute atomic E-state index is 0. The molecule has 0 fully saturated rings. The van der Waals surface area contributed by atoms with Crippen LogP contribution in [0.5, 0.6) is 11.5 Å². The molecule has 0 N–H and O–H groups in total. The van der Waals surface area contributed by atoms with Crippen LogP contribution in [0, 0.1) is 19.0 Å². The Morgan fingerprint density at radius 3 is 1.45 bits per heavy atom. The average Bonchev–Trinajstić information content (AvgIpc) is 4.24. The number of para-hydroxylation sites is 5. The fourth-order valence-corrected chi connectivity index (χ4v) is 11.1. The molecule has 15 aromatic rings. The third-order valence-corrected chi connectivity index (χ3v) is 14.1. The molecule has 0 aliphatic rings. The van der Waals surface area contributed by atoms with Gasteiger partial charge in [0.2, 0.25) is 0 Å². The summed E-state index contributed by atoms with van der Waals surface area (Å²) < 4.78 is 43.3. The first-order valence-electron chi connectivity index (χ1n) is 25.3. The maximum absolute atomic E-state index is 9.39. The molecule has 15 rings (SSSR count). The van der Waals surface area contributed by atoms with Crippen molar-refractivity contribution in [3.05, 3.63) is 236 Å². The minimum atomic E-state index is -2.59. The summed E-state index contributed by atoms with van der Waals surface area (Å²) >= 11 is 0. The molecule has 0 aliphatic carbocycles. The second-order valence-electron chi connectivity index (χ2n) is 18.0. The van der Waals surface area contributed by atoms with E-state index in [9.17, 15) is 4.11 Å². The van der Waals surface area contributed by atoms with Crippen LogP contribution in [0.25, 0.3) is 121 Å². The minimum Gasteiger partial charge on any atom is -0.509 e. The molecular weight excluding hydrogens is 1080 g/mol. The van der Waals surface area contributed by atoms with Crippen LogP contribution in [0.1, 0.15) is 9.68 Å². The van der Waals surface area contributed by atoms with E-state index >= 15 is 0 Å². The number of rotatable bonds is 7. The fraction of sp³-hybridized carbons (Fsp3) is 0.0156. The number of aryl methyl sites for hydroxylation is 1. The molecule has 0 saturated heterocycles. The van der Waals surface area contributed by atoms with Gasteiger partial charge in [0.05, 0.1) is 33.4 Å². The third kappa shape index (κ3) is 6.47. The van der Waals surface area contributed by atoms with Gasteiger partial charge in [-0.05, 0) is 90.6 Å². The Labute approximate surface area is 437 Å². The molecule has 73 heavy (non-hydrogen) atoms. The van der Waals surface area contributed by atoms with E-state index in [0.717, 1.165) is 105 Å². The molecule has 0 saturated carbocycles. The zero-order valence-corrected chi connectivity index (χ0v) is 40.9. The van der Waals surface area contributed by atoms with Gasteiger partial charge in [-0.15, -0.1) is 35.7 Å². The molecule has 7 aromatic heterocycles. The molecule has 7 heterocycles. The summed E-state index contributed by atoms with van der Waals surface area (Å²) in [6, 6.07) is 74.3. The molecule has 0 unspecified atom stereocenters. The van der Waals surface area contributed by atoms with Crippen LogP contribution >= 0.6 is 0 Å². The SMILES string of the molecule is [2H]C([2H])([2H])c1cc(-n2c3[c-]c(Oc4[c-]c(-n5c6ncccc6c6cccnc65)ccc4)ccc3c3ccccc32)ncc1-c1c(-n2c3ccccc3c3ccccc32)cccc1-n1c2ccccc2c2ccccc21.[Pt+2]. The van der Waals surface area contributed by atoms with Crippen LogP contribution in [0.4, 0.5) is 0 Å². The predicted octanol–water partition coefficient (Wildman–Crippen LogP) is 15.6. The average molecular weight is 1120 g/mol. The largest absolute Gasteiger partial charge is 2.00 e. The monoisotopic (exact) mass is 1120 g/mol. The van der Waals surface area contributed by atoms with Gasteiger partial charge in [-0.3, -0.25) is 0 Å². The number of hydrogen-bond acceptors (Lipinski definition) is 4. The first kappa shape index (κ1) is 39.6. The van der Waals surface area contributed by atoms with Crippen molar-refractivity contribution in [1.29, 1.82) is 0 Å². The summed E-state index contributed by atoms with van der Waals surface area (Å²) in [5.41, 5.74) is 10.8. The van der Waals surface area contributed by atoms with Gasteiger partial charge in [0.1, 0.15) is 17.1 Å². The summed E-state index contributed by atoms with van der Waals surface area (Å²) in [6.45, 7) is -2.59. The van der Waals surface area contributed by atoms with Crippen LogP contribution in [0.3, 0.4) is 0 Å². The van der Waals surface area contributed by atoms with Gasteiger partial charge in [-0.2, -0.15) is 12.1 Å². The Kier molecular flexibility index (Phi) is 9.09. The third-order valence-electron chi connectivity index (χ3n) is 14.1. The summed E-state index contributed by atoms with van der Waals surface area (Å²) in [4.78, 5) is 14.7. The molecule has 8 nitrogen and oxygen atoms in total. The van der Waals surface area contributed by atoms with Gasteiger partial charge in [-0.25, -0.2) is 15.0 Å². The van der Waals surface area contributed by atoms with E-state index in [2.05, 4.69) is 143 Å². The summed E-state index contributed by atoms with van der Waals surface area (Å²) in [5.74, 6) is 1.35. The fourth-order valence-electron chi connectivity index (χ4n) is 11.1. The topological polar surface area (TPSA) is 67.6 Å². The van der Waals surface area contributed by atoms with E-state index in [1.54, 1.807) is 24.7 Å². The van der Waals surface area contributed by atoms with Gasteiger partial charge in [0.15, 0.2) is 0 Å². The van der Waals surface area contributed by atoms with Crippen molar-refractivity contribution in [1.82, 2.24) is 33.2 Å². The summed E-state index contributed by atoms with van der Waals surface area (Å²) in [6.07, 6.45) is 5.31. The number of aromatic nitrogens is 7. The van der Waals surface area contributed by atoms with Gasteiger partial charge < -0.3 is 23.0 Å². The molecule has 9 heteroatoms. The Hall–Kier alpha value is -9.10. The number of nitrogens with zero attached hydrogens (tertiary/aromatic N) is 7. The first-order chi connectivity index (χ1) is 36.9. The van der Waals surface area contributed by atoms with Crippen molar-refractivity contribution >= 4 is 87.5 Å². The maximum atomic E-state index is 9.39. The summed E-state index contributed by atoms with van der Waals surface area (Å²) in [7, 11) is 0. The normalized spacial score (nSPS) is 12.6. The van der Waals surface area contributed by atoms with E-state index < -0.39 is 6.85 Å². The van der Waals surface area contributed by atoms with Gasteiger partial charge >= 0.3 is 21.1 Å². The van der Waals surface area contributed by atoms with Gasteiger partial charge in [0, 0.05) is 83.2 Å². The van der Waals surface area contributed by atoms with Crippen molar-refractivity contribution < 1.29 is 29.9 Å². The van der Waals surface area contributed by atoms with Crippen molar-refractivity contribution in [2.75, 3.05) is 0 Å². The second kappa shape index (κ2) is 16.8. The number of hydrogen-bond donors (Lipinski definition) is 0. The molecular formula is C64H39N7OPt. The van der Waals surface area contributed by atoms with Crippen molar-refractivity contribution in [3.8, 4) is 45.5 Å². The standard InChI is InChI=1S/C64H39N7O.Pt/c1-40-36-61(71-57-29-11-6-22-48(57)49-33-32-43(38-60(49)71)72-42-17-12-16-41(37-42)68-63-50(23-14-34-65-63)51-24-15-35-66-64(51)68)67-39-52(40)62-58(69-53-25-7-2-18-44(53)45-19-3-8-26-54(45)69)30-13-31-59(62)70-55-27-9-4-20-46(55)47-21-5-10-28-56(47)70;/h2-36,39H,1H3;/q-2;+2/i1D3;. The molecule has 0 spiro atoms. The number of ether oxygens (including phenoxy) is 1. The number of pyridine rings is 3. The van der Waals surface area contributed by atoms with Crippen molar-refractivity contribution in [3.63, 3.8) is 0 Å². The molecule has 0 radical (unpaired) electrons. The smallest absolute Gasteiger partial charge is 0.509 e. The van der Waals surface area contributed by atoms with Crippen LogP contribution in [0.15, 0.2) is 219 Å². The van der Waals surface area contributed by atoms with Crippen molar-refractivity contribution in [2.45, 2.75) is 6.85 Å². The van der Waals surface area contributed by atoms with Crippen LogP contribution in [0.2, 0.25) is 0 Å². The zero-order valence-electron chi connectivity index (χ0n) is 41.6. The van der Waals surface area contributed by atoms with Crippen LogP contribution in [-0.2, 0) is 21.1 Å². The first-order valence-corrected chi connectivity index (χ1v) is 23.8. The van der Waals surface area contributed by atoms with Gasteiger partial charge in [0.25, 0.3) is 0 Å². The molecule has 346 valence electrons.